The number of imidazole rings is 1. The van der Waals surface area contributed by atoms with Crippen LogP contribution in [0.4, 0.5) is 4.79 Å². The van der Waals surface area contributed by atoms with Crippen molar-refractivity contribution in [3.63, 3.8) is 0 Å². The number of hydrogen-bond acceptors (Lipinski definition) is 5. The van der Waals surface area contributed by atoms with Gasteiger partial charge in [0.1, 0.15) is 11.4 Å². The van der Waals surface area contributed by atoms with Gasteiger partial charge in [-0.1, -0.05) is 36.4 Å². The number of nitrogens with zero attached hydrogens (tertiary/aromatic N) is 2. The monoisotopic (exact) mass is 457 g/mol. The average Bonchev–Trinajstić information content (AvgIpc) is 3.43. The van der Waals surface area contributed by atoms with E-state index in [-0.39, 0.29) is 12.1 Å². The van der Waals surface area contributed by atoms with Crippen LogP contribution >= 0.6 is 0 Å². The maximum atomic E-state index is 12.7. The molecule has 0 aliphatic carbocycles. The molecule has 5 rings (SSSR count). The first kappa shape index (κ1) is 22.4. The molecule has 34 heavy (non-hydrogen) atoms. The topological polar surface area (TPSA) is 98.7 Å². The Morgan fingerprint density at radius 2 is 1.76 bits per heavy atom. The van der Waals surface area contributed by atoms with Gasteiger partial charge in [0.25, 0.3) is 0 Å². The predicted octanol–water partition coefficient (Wildman–Crippen LogP) is 4.13. The molecule has 1 fully saturated rings. The summed E-state index contributed by atoms with van der Waals surface area (Å²) in [4.78, 5) is 22.7. The first-order valence-electron chi connectivity index (χ1n) is 11.6. The molecule has 3 N–H and O–H groups in total. The summed E-state index contributed by atoms with van der Waals surface area (Å²) in [6.45, 7) is 6.29. The van der Waals surface area contributed by atoms with E-state index in [4.69, 9.17) is 9.72 Å². The van der Waals surface area contributed by atoms with E-state index in [1.54, 1.807) is 17.0 Å². The molecule has 174 valence electrons. The molecular weight excluding hydrogens is 429 g/mol. The van der Waals surface area contributed by atoms with Gasteiger partial charge >= 0.3 is 13.2 Å². The highest BCUT2D eigenvalue weighted by Gasteiger charge is 2.35. The van der Waals surface area contributed by atoms with Gasteiger partial charge < -0.3 is 19.8 Å². The van der Waals surface area contributed by atoms with Crippen LogP contribution < -0.4 is 5.46 Å². The van der Waals surface area contributed by atoms with Crippen molar-refractivity contribution in [2.24, 2.45) is 0 Å². The minimum atomic E-state index is -1.48. The molecule has 1 aromatic heterocycles. The van der Waals surface area contributed by atoms with Crippen LogP contribution in [0.5, 0.6) is 0 Å². The molecule has 0 saturated carbocycles. The molecule has 0 unspecified atom stereocenters. The van der Waals surface area contributed by atoms with Gasteiger partial charge in [0, 0.05) is 6.54 Å². The van der Waals surface area contributed by atoms with E-state index in [0.29, 0.717) is 12.0 Å². The van der Waals surface area contributed by atoms with Crippen molar-refractivity contribution in [2.45, 2.75) is 45.3 Å². The molecule has 7 nitrogen and oxygen atoms in total. The van der Waals surface area contributed by atoms with Crippen molar-refractivity contribution in [3.8, 4) is 11.1 Å². The Morgan fingerprint density at radius 1 is 1.06 bits per heavy atom. The van der Waals surface area contributed by atoms with E-state index in [2.05, 4.69) is 17.1 Å². The summed E-state index contributed by atoms with van der Waals surface area (Å²) in [6.07, 6.45) is 1.46. The summed E-state index contributed by atoms with van der Waals surface area (Å²) in [6, 6.07) is 17.5. The fourth-order valence-electron chi connectivity index (χ4n) is 4.56. The Hall–Kier alpha value is -3.36. The fraction of sp³-hybridized carbons (Fsp3) is 0.308. The standard InChI is InChI=1S/C26H28BN3O4/c1-26(2,3)34-25(31)30-12-4-5-23(30)24-28-21-11-9-19(15-22(21)29-24)16-6-7-18-14-20(27(32)33)10-8-17(18)13-16/h6-11,13-15,23,32-33H,4-5,12H2,1-3H3,(H,28,29)/t23-/m0/s1. The number of H-pyrrole nitrogens is 1. The Bertz CT molecular complexity index is 1380. The van der Waals surface area contributed by atoms with Gasteiger partial charge in [0.15, 0.2) is 0 Å². The minimum absolute atomic E-state index is 0.123. The number of carbonyl (C=O) groups excluding carboxylic acids is 1. The van der Waals surface area contributed by atoms with Gasteiger partial charge in [-0.3, -0.25) is 4.90 Å². The highest BCUT2D eigenvalue weighted by molar-refractivity contribution is 6.58. The molecule has 0 radical (unpaired) electrons. The van der Waals surface area contributed by atoms with Gasteiger partial charge in [-0.25, -0.2) is 9.78 Å². The van der Waals surface area contributed by atoms with Crippen LogP contribution in [-0.2, 0) is 4.74 Å². The van der Waals surface area contributed by atoms with Crippen LogP contribution in [0.3, 0.4) is 0 Å². The van der Waals surface area contributed by atoms with Gasteiger partial charge in [-0.05, 0) is 79.2 Å². The van der Waals surface area contributed by atoms with E-state index in [0.717, 1.165) is 51.6 Å². The van der Waals surface area contributed by atoms with E-state index in [9.17, 15) is 14.8 Å². The van der Waals surface area contributed by atoms with E-state index in [1.807, 2.05) is 51.1 Å². The third kappa shape index (κ3) is 4.39. The molecule has 2 heterocycles. The molecule has 8 heteroatoms. The first-order chi connectivity index (χ1) is 16.2. The van der Waals surface area contributed by atoms with Crippen molar-refractivity contribution in [1.82, 2.24) is 14.9 Å². The van der Waals surface area contributed by atoms with Crippen molar-refractivity contribution in [2.75, 3.05) is 6.54 Å². The number of aromatic amines is 1. The zero-order valence-electron chi connectivity index (χ0n) is 19.6. The third-order valence-corrected chi connectivity index (χ3v) is 6.19. The molecule has 0 bridgehead atoms. The molecule has 1 amide bonds. The highest BCUT2D eigenvalue weighted by Crippen LogP contribution is 2.34. The van der Waals surface area contributed by atoms with E-state index in [1.165, 1.54) is 0 Å². The zero-order valence-corrected chi connectivity index (χ0v) is 19.6. The lowest BCUT2D eigenvalue weighted by atomic mass is 9.79. The summed E-state index contributed by atoms with van der Waals surface area (Å²) in [5, 5.41) is 20.8. The number of carbonyl (C=O) groups is 1. The second-order valence-corrected chi connectivity index (χ2v) is 9.88. The van der Waals surface area contributed by atoms with Crippen molar-refractivity contribution < 1.29 is 19.6 Å². The number of amides is 1. The van der Waals surface area contributed by atoms with Gasteiger partial charge in [-0.2, -0.15) is 0 Å². The molecule has 1 atom stereocenters. The lowest BCUT2D eigenvalue weighted by Crippen LogP contribution is -2.36. The number of nitrogens with one attached hydrogen (secondary N) is 1. The summed E-state index contributed by atoms with van der Waals surface area (Å²) < 4.78 is 5.60. The SMILES string of the molecule is CC(C)(C)OC(=O)N1CCC[C@H]1c1nc2ccc(-c3ccc4cc(B(O)O)ccc4c3)cc2[nH]1. The molecule has 3 aromatic carbocycles. The first-order valence-corrected chi connectivity index (χ1v) is 11.6. The molecule has 1 aliphatic rings. The maximum absolute atomic E-state index is 12.7. The predicted molar refractivity (Wildman–Crippen MR) is 134 cm³/mol. The lowest BCUT2D eigenvalue weighted by Gasteiger charge is -2.27. The van der Waals surface area contributed by atoms with Crippen LogP contribution in [0.2, 0.25) is 0 Å². The number of hydrogen-bond donors (Lipinski definition) is 3. The molecular formula is C26H28BN3O4. The fourth-order valence-corrected chi connectivity index (χ4v) is 4.56. The van der Waals surface area contributed by atoms with Crippen molar-refractivity contribution in [1.29, 1.82) is 0 Å². The Labute approximate surface area is 198 Å². The Morgan fingerprint density at radius 3 is 2.53 bits per heavy atom. The molecule has 0 spiro atoms. The third-order valence-electron chi connectivity index (χ3n) is 6.19. The number of fused-ring (bicyclic) bond motifs is 2. The van der Waals surface area contributed by atoms with Gasteiger partial charge in [-0.15, -0.1) is 0 Å². The number of likely N-dealkylation sites (tertiary alicyclic amines) is 1. The van der Waals surface area contributed by atoms with Crippen LogP contribution in [0, 0.1) is 0 Å². The highest BCUT2D eigenvalue weighted by atomic mass is 16.6. The zero-order chi connectivity index (χ0) is 24.0. The summed E-state index contributed by atoms with van der Waals surface area (Å²) in [5.41, 5.74) is 3.82. The van der Waals surface area contributed by atoms with Crippen LogP contribution in [0.15, 0.2) is 54.6 Å². The summed E-state index contributed by atoms with van der Waals surface area (Å²) in [7, 11) is -1.48. The normalized spacial score (nSPS) is 16.4. The van der Waals surface area contributed by atoms with E-state index < -0.39 is 12.7 Å². The Kier molecular flexibility index (Phi) is 5.58. The van der Waals surface area contributed by atoms with Crippen LogP contribution in [0.1, 0.15) is 45.5 Å². The van der Waals surface area contributed by atoms with Crippen molar-refractivity contribution >= 4 is 40.5 Å². The second-order valence-electron chi connectivity index (χ2n) is 9.88. The summed E-state index contributed by atoms with van der Waals surface area (Å²) in [5.74, 6) is 0.782. The van der Waals surface area contributed by atoms with Gasteiger partial charge in [0.05, 0.1) is 17.1 Å². The van der Waals surface area contributed by atoms with Crippen LogP contribution in [0.25, 0.3) is 32.9 Å². The molecule has 1 saturated heterocycles. The van der Waals surface area contributed by atoms with Gasteiger partial charge in [0.2, 0.25) is 0 Å². The van der Waals surface area contributed by atoms with Crippen molar-refractivity contribution in [3.05, 3.63) is 60.4 Å². The number of rotatable bonds is 3. The van der Waals surface area contributed by atoms with Crippen LogP contribution in [-0.4, -0.2) is 50.3 Å². The number of aromatic nitrogens is 2. The number of benzene rings is 3. The average molecular weight is 457 g/mol. The minimum Gasteiger partial charge on any atom is -0.444 e. The van der Waals surface area contributed by atoms with E-state index >= 15 is 0 Å². The summed E-state index contributed by atoms with van der Waals surface area (Å²) >= 11 is 0. The quantitative estimate of drug-likeness (QED) is 0.402. The molecule has 1 aliphatic heterocycles. The maximum Gasteiger partial charge on any atom is 0.488 e. The Balaban J connectivity index is 1.44. The largest absolute Gasteiger partial charge is 0.488 e. The second kappa shape index (κ2) is 8.45. The smallest absolute Gasteiger partial charge is 0.444 e. The lowest BCUT2D eigenvalue weighted by molar-refractivity contribution is 0.0219. The molecule has 4 aromatic rings. The number of ether oxygens (including phenoxy) is 1.